The van der Waals surface area contributed by atoms with Crippen LogP contribution in [0.1, 0.15) is 16.8 Å². The number of rotatable bonds is 2. The summed E-state index contributed by atoms with van der Waals surface area (Å²) in [5.74, 6) is 0. The lowest BCUT2D eigenvalue weighted by atomic mass is 10.0. The molecule has 2 nitrogen and oxygen atoms in total. The minimum atomic E-state index is 0.913. The Morgan fingerprint density at radius 3 is 2.85 bits per heavy atom. The van der Waals surface area contributed by atoms with E-state index in [4.69, 9.17) is 0 Å². The fourth-order valence-electron chi connectivity index (χ4n) is 1.39. The van der Waals surface area contributed by atoms with Gasteiger partial charge in [0.05, 0.1) is 12.0 Å². The fourth-order valence-corrected chi connectivity index (χ4v) is 1.39. The predicted molar refractivity (Wildman–Crippen MR) is 52.6 cm³/mol. The van der Waals surface area contributed by atoms with E-state index in [1.165, 1.54) is 11.1 Å². The van der Waals surface area contributed by atoms with Gasteiger partial charge in [-0.3, -0.25) is 0 Å². The molecule has 0 aliphatic rings. The molecule has 0 fully saturated rings. The van der Waals surface area contributed by atoms with Crippen molar-refractivity contribution in [2.75, 3.05) is 0 Å². The lowest BCUT2D eigenvalue weighted by molar-refractivity contribution is 1.09. The van der Waals surface area contributed by atoms with Gasteiger partial charge in [-0.05, 0) is 18.1 Å². The monoisotopic (exact) mass is 172 g/mol. The molecule has 0 unspecified atom stereocenters. The molecule has 0 aliphatic carbocycles. The van der Waals surface area contributed by atoms with E-state index in [0.29, 0.717) is 0 Å². The van der Waals surface area contributed by atoms with Crippen LogP contribution in [0.15, 0.2) is 36.8 Å². The van der Waals surface area contributed by atoms with Gasteiger partial charge in [-0.1, -0.05) is 24.3 Å². The number of aryl methyl sites for hydroxylation is 1. The summed E-state index contributed by atoms with van der Waals surface area (Å²) in [6, 6.07) is 8.39. The summed E-state index contributed by atoms with van der Waals surface area (Å²) < 4.78 is 0. The first-order valence-corrected chi connectivity index (χ1v) is 4.38. The van der Waals surface area contributed by atoms with Gasteiger partial charge in [-0.15, -0.1) is 0 Å². The fraction of sp³-hybridized carbons (Fsp3) is 0.182. The van der Waals surface area contributed by atoms with Gasteiger partial charge in [0.25, 0.3) is 0 Å². The summed E-state index contributed by atoms with van der Waals surface area (Å²) in [4.78, 5) is 7.16. The minimum Gasteiger partial charge on any atom is -0.351 e. The maximum absolute atomic E-state index is 4.20. The number of nitrogens with zero attached hydrogens (tertiary/aromatic N) is 1. The highest BCUT2D eigenvalue weighted by Crippen LogP contribution is 2.10. The molecule has 0 saturated carbocycles. The molecule has 0 atom stereocenters. The molecule has 2 heteroatoms. The maximum atomic E-state index is 4.20. The van der Waals surface area contributed by atoms with Crippen molar-refractivity contribution >= 4 is 0 Å². The summed E-state index contributed by atoms with van der Waals surface area (Å²) in [7, 11) is 0. The number of nitrogens with one attached hydrogen (secondary N) is 1. The van der Waals surface area contributed by atoms with E-state index in [2.05, 4.69) is 41.2 Å². The van der Waals surface area contributed by atoms with Crippen LogP contribution < -0.4 is 0 Å². The molecular weight excluding hydrogens is 160 g/mol. The molecule has 0 amide bonds. The van der Waals surface area contributed by atoms with Crippen LogP contribution in [0.5, 0.6) is 0 Å². The zero-order chi connectivity index (χ0) is 9.10. The Balaban J connectivity index is 2.24. The first kappa shape index (κ1) is 8.05. The van der Waals surface area contributed by atoms with Gasteiger partial charge >= 0.3 is 0 Å². The van der Waals surface area contributed by atoms with Crippen LogP contribution in [0.3, 0.4) is 0 Å². The van der Waals surface area contributed by atoms with Gasteiger partial charge < -0.3 is 4.98 Å². The molecule has 0 radical (unpaired) electrons. The van der Waals surface area contributed by atoms with Crippen LogP contribution in [-0.4, -0.2) is 9.97 Å². The zero-order valence-corrected chi connectivity index (χ0v) is 7.62. The maximum Gasteiger partial charge on any atom is 0.0923 e. The average molecular weight is 172 g/mol. The first-order valence-electron chi connectivity index (χ1n) is 4.38. The molecule has 0 bridgehead atoms. The van der Waals surface area contributed by atoms with E-state index in [1.54, 1.807) is 6.33 Å². The summed E-state index contributed by atoms with van der Waals surface area (Å²) in [5, 5.41) is 0. The highest BCUT2D eigenvalue weighted by atomic mass is 14.9. The second kappa shape index (κ2) is 3.44. The third-order valence-electron chi connectivity index (χ3n) is 2.19. The van der Waals surface area contributed by atoms with Crippen molar-refractivity contribution in [3.8, 4) is 0 Å². The normalized spacial score (nSPS) is 10.2. The number of benzene rings is 1. The summed E-state index contributed by atoms with van der Waals surface area (Å²) in [5.41, 5.74) is 3.76. The number of aromatic amines is 1. The number of hydrogen-bond donors (Lipinski definition) is 1. The Kier molecular flexibility index (Phi) is 2.13. The van der Waals surface area contributed by atoms with Gasteiger partial charge in [0.2, 0.25) is 0 Å². The van der Waals surface area contributed by atoms with Crippen LogP contribution in [0, 0.1) is 6.92 Å². The minimum absolute atomic E-state index is 0.913. The van der Waals surface area contributed by atoms with Crippen molar-refractivity contribution in [3.05, 3.63) is 53.6 Å². The van der Waals surface area contributed by atoms with E-state index < -0.39 is 0 Å². The second-order valence-corrected chi connectivity index (χ2v) is 3.16. The lowest BCUT2D eigenvalue weighted by Gasteiger charge is -2.01. The van der Waals surface area contributed by atoms with Crippen LogP contribution in [0.25, 0.3) is 0 Å². The van der Waals surface area contributed by atoms with Crippen LogP contribution in [-0.2, 0) is 6.42 Å². The molecule has 0 saturated heterocycles. The van der Waals surface area contributed by atoms with E-state index in [-0.39, 0.29) is 0 Å². The van der Waals surface area contributed by atoms with E-state index in [0.717, 1.165) is 12.1 Å². The Bertz CT molecular complexity index is 377. The Morgan fingerprint density at radius 1 is 1.31 bits per heavy atom. The van der Waals surface area contributed by atoms with E-state index in [9.17, 15) is 0 Å². The van der Waals surface area contributed by atoms with Gasteiger partial charge in [0, 0.05) is 12.6 Å². The lowest BCUT2D eigenvalue weighted by Crippen LogP contribution is -1.90. The molecule has 1 heterocycles. The van der Waals surface area contributed by atoms with Crippen molar-refractivity contribution in [1.29, 1.82) is 0 Å². The van der Waals surface area contributed by atoms with E-state index in [1.807, 2.05) is 6.20 Å². The molecule has 2 aromatic rings. The number of H-pyrrole nitrogens is 1. The van der Waals surface area contributed by atoms with Crippen molar-refractivity contribution in [1.82, 2.24) is 9.97 Å². The molecule has 0 aliphatic heterocycles. The van der Waals surface area contributed by atoms with Crippen molar-refractivity contribution in [2.45, 2.75) is 13.3 Å². The second-order valence-electron chi connectivity index (χ2n) is 3.16. The molecular formula is C11H12N2. The third-order valence-corrected chi connectivity index (χ3v) is 2.19. The number of imidazole rings is 1. The quantitative estimate of drug-likeness (QED) is 0.739. The highest BCUT2D eigenvalue weighted by Gasteiger charge is 1.99. The standard InChI is InChI=1S/C11H12N2/c1-9-4-2-3-5-10(9)6-11-7-12-8-13-11/h2-5,7-8H,6H2,1H3,(H,12,13). The topological polar surface area (TPSA) is 28.7 Å². The van der Waals surface area contributed by atoms with Gasteiger partial charge in [-0.25, -0.2) is 4.98 Å². The van der Waals surface area contributed by atoms with Gasteiger partial charge in [-0.2, -0.15) is 0 Å². The van der Waals surface area contributed by atoms with Gasteiger partial charge in [0.1, 0.15) is 0 Å². The van der Waals surface area contributed by atoms with Gasteiger partial charge in [0.15, 0.2) is 0 Å². The molecule has 1 aromatic heterocycles. The third kappa shape index (κ3) is 1.78. The molecule has 13 heavy (non-hydrogen) atoms. The Morgan fingerprint density at radius 2 is 2.15 bits per heavy atom. The molecule has 66 valence electrons. The Labute approximate surface area is 77.6 Å². The van der Waals surface area contributed by atoms with Crippen LogP contribution in [0.4, 0.5) is 0 Å². The highest BCUT2D eigenvalue weighted by molar-refractivity contribution is 5.28. The summed E-state index contributed by atoms with van der Waals surface area (Å²) in [6.45, 7) is 2.13. The molecule has 1 aromatic carbocycles. The van der Waals surface area contributed by atoms with Crippen molar-refractivity contribution in [2.24, 2.45) is 0 Å². The first-order chi connectivity index (χ1) is 6.36. The largest absolute Gasteiger partial charge is 0.351 e. The van der Waals surface area contributed by atoms with Crippen molar-refractivity contribution in [3.63, 3.8) is 0 Å². The van der Waals surface area contributed by atoms with E-state index >= 15 is 0 Å². The van der Waals surface area contributed by atoms with Crippen molar-refractivity contribution < 1.29 is 0 Å². The van der Waals surface area contributed by atoms with Crippen LogP contribution in [0.2, 0.25) is 0 Å². The number of hydrogen-bond acceptors (Lipinski definition) is 1. The smallest absolute Gasteiger partial charge is 0.0923 e. The molecule has 1 N–H and O–H groups in total. The zero-order valence-electron chi connectivity index (χ0n) is 7.62. The SMILES string of the molecule is Cc1ccccc1Cc1c[nH]cn1. The summed E-state index contributed by atoms with van der Waals surface area (Å²) >= 11 is 0. The predicted octanol–water partition coefficient (Wildman–Crippen LogP) is 2.31. The number of aromatic nitrogens is 2. The molecule has 0 spiro atoms. The van der Waals surface area contributed by atoms with Crippen LogP contribution >= 0.6 is 0 Å². The average Bonchev–Trinajstić information content (AvgIpc) is 2.61. The molecule has 2 rings (SSSR count). The summed E-state index contributed by atoms with van der Waals surface area (Å²) in [6.07, 6.45) is 4.57. The Hall–Kier alpha value is -1.57.